The molecular formula is C9H14O6. The van der Waals surface area contributed by atoms with Crippen LogP contribution < -0.4 is 0 Å². The molecule has 0 radical (unpaired) electrons. The fourth-order valence-electron chi connectivity index (χ4n) is 0.273. The second kappa shape index (κ2) is 8.74. The Morgan fingerprint density at radius 3 is 2.00 bits per heavy atom. The Morgan fingerprint density at radius 1 is 1.40 bits per heavy atom. The van der Waals surface area contributed by atoms with Crippen LogP contribution in [0, 0.1) is 0 Å². The van der Waals surface area contributed by atoms with E-state index in [9.17, 15) is 14.4 Å². The van der Waals surface area contributed by atoms with E-state index in [4.69, 9.17) is 10.2 Å². The number of carboxylic acid groups (broad SMARTS) is 2. The van der Waals surface area contributed by atoms with E-state index in [1.807, 2.05) is 0 Å². The van der Waals surface area contributed by atoms with Gasteiger partial charge in [0.15, 0.2) is 6.10 Å². The van der Waals surface area contributed by atoms with Gasteiger partial charge in [-0.05, 0) is 6.92 Å². The van der Waals surface area contributed by atoms with Gasteiger partial charge < -0.3 is 14.9 Å². The molecule has 0 aromatic heterocycles. The summed E-state index contributed by atoms with van der Waals surface area (Å²) in [5.74, 6) is -2.64. The third-order valence-corrected chi connectivity index (χ3v) is 1.11. The Balaban J connectivity index is 0. The van der Waals surface area contributed by atoms with Gasteiger partial charge in [-0.2, -0.15) is 0 Å². The van der Waals surface area contributed by atoms with Gasteiger partial charge in [0.05, 0.1) is 0 Å². The van der Waals surface area contributed by atoms with E-state index in [-0.39, 0.29) is 6.42 Å². The number of ether oxygens (including phenoxy) is 1. The van der Waals surface area contributed by atoms with Gasteiger partial charge in [-0.25, -0.2) is 9.59 Å². The topological polar surface area (TPSA) is 101 Å². The number of carbonyl (C=O) groups excluding carboxylic acids is 1. The van der Waals surface area contributed by atoms with Gasteiger partial charge in [0.1, 0.15) is 0 Å². The zero-order chi connectivity index (χ0) is 12.4. The highest BCUT2D eigenvalue weighted by atomic mass is 16.6. The number of aliphatic carboxylic acids is 2. The van der Waals surface area contributed by atoms with Gasteiger partial charge in [0.25, 0.3) is 0 Å². The predicted octanol–water partition coefficient (Wildman–Crippen LogP) is 0.670. The average Bonchev–Trinajstić information content (AvgIpc) is 2.18. The minimum atomic E-state index is -1.17. The van der Waals surface area contributed by atoms with Crippen LogP contribution in [0.3, 0.4) is 0 Å². The summed E-state index contributed by atoms with van der Waals surface area (Å²) in [6, 6.07) is 0. The van der Waals surface area contributed by atoms with Crippen LogP contribution in [0.25, 0.3) is 0 Å². The van der Waals surface area contributed by atoms with Crippen molar-refractivity contribution in [2.75, 3.05) is 0 Å². The minimum Gasteiger partial charge on any atom is -0.481 e. The third-order valence-electron chi connectivity index (χ3n) is 1.11. The summed E-state index contributed by atoms with van der Waals surface area (Å²) in [6.45, 7) is 5.97. The second-order valence-corrected chi connectivity index (χ2v) is 2.37. The number of esters is 1. The lowest BCUT2D eigenvalue weighted by Gasteiger charge is -2.04. The van der Waals surface area contributed by atoms with Crippen molar-refractivity contribution in [1.29, 1.82) is 0 Å². The summed E-state index contributed by atoms with van der Waals surface area (Å²) in [5, 5.41) is 15.9. The Morgan fingerprint density at radius 2 is 1.80 bits per heavy atom. The van der Waals surface area contributed by atoms with Crippen molar-refractivity contribution >= 4 is 17.9 Å². The van der Waals surface area contributed by atoms with Gasteiger partial charge in [-0.15, -0.1) is 0 Å². The number of carbonyl (C=O) groups is 3. The molecule has 0 spiro atoms. The van der Waals surface area contributed by atoms with E-state index in [0.717, 1.165) is 6.08 Å². The molecule has 15 heavy (non-hydrogen) atoms. The van der Waals surface area contributed by atoms with Gasteiger partial charge in [0, 0.05) is 12.5 Å². The van der Waals surface area contributed by atoms with Crippen LogP contribution >= 0.6 is 0 Å². The molecule has 6 heteroatoms. The zero-order valence-corrected chi connectivity index (χ0v) is 8.60. The molecule has 0 aromatic rings. The Bertz CT molecular complexity index is 245. The highest BCUT2D eigenvalue weighted by Crippen LogP contribution is 1.90. The Kier molecular flexibility index (Phi) is 9.09. The minimum absolute atomic E-state index is 0.222. The van der Waals surface area contributed by atoms with Crippen LogP contribution in [0.4, 0.5) is 0 Å². The van der Waals surface area contributed by atoms with E-state index in [0.29, 0.717) is 0 Å². The molecule has 0 rings (SSSR count). The summed E-state index contributed by atoms with van der Waals surface area (Å²) in [5.41, 5.74) is 0. The van der Waals surface area contributed by atoms with E-state index < -0.39 is 24.0 Å². The number of hydrogen-bond acceptors (Lipinski definition) is 4. The second-order valence-electron chi connectivity index (χ2n) is 2.37. The number of hydrogen-bond donors (Lipinski definition) is 2. The van der Waals surface area contributed by atoms with Crippen LogP contribution in [0.1, 0.15) is 20.3 Å². The summed E-state index contributed by atoms with van der Waals surface area (Å²) in [6.07, 6.45) is 0.0323. The quantitative estimate of drug-likeness (QED) is 0.531. The zero-order valence-electron chi connectivity index (χ0n) is 8.60. The lowest BCUT2D eigenvalue weighted by molar-refractivity contribution is -0.159. The molecule has 6 nitrogen and oxygen atoms in total. The van der Waals surface area contributed by atoms with Crippen molar-refractivity contribution < 1.29 is 29.3 Å². The van der Waals surface area contributed by atoms with Gasteiger partial charge in [-0.3, -0.25) is 4.79 Å². The molecule has 0 aliphatic heterocycles. The molecule has 0 saturated carbocycles. The van der Waals surface area contributed by atoms with E-state index >= 15 is 0 Å². The molecule has 0 fully saturated rings. The van der Waals surface area contributed by atoms with E-state index in [1.165, 1.54) is 6.92 Å². The van der Waals surface area contributed by atoms with Gasteiger partial charge >= 0.3 is 17.9 Å². The van der Waals surface area contributed by atoms with Crippen molar-refractivity contribution in [2.24, 2.45) is 0 Å². The molecular weight excluding hydrogens is 204 g/mol. The molecule has 86 valence electrons. The molecule has 1 atom stereocenters. The normalized spacial score (nSPS) is 10.3. The molecule has 2 N–H and O–H groups in total. The number of carboxylic acids is 2. The van der Waals surface area contributed by atoms with Crippen LogP contribution in [-0.2, 0) is 19.1 Å². The maximum absolute atomic E-state index is 10.3. The fourth-order valence-corrected chi connectivity index (χ4v) is 0.273. The molecule has 0 saturated heterocycles. The Labute approximate surface area is 87.2 Å². The summed E-state index contributed by atoms with van der Waals surface area (Å²) < 4.78 is 4.30. The molecule has 0 amide bonds. The molecule has 0 bridgehead atoms. The highest BCUT2D eigenvalue weighted by Gasteiger charge is 2.13. The van der Waals surface area contributed by atoms with Crippen LogP contribution in [-0.4, -0.2) is 34.2 Å². The molecule has 0 heterocycles. The molecule has 0 aliphatic rings. The summed E-state index contributed by atoms with van der Waals surface area (Å²) in [7, 11) is 0. The van der Waals surface area contributed by atoms with Crippen LogP contribution in [0.2, 0.25) is 0 Å². The standard InChI is InChI=1S/C6H8O4.C3H6O2/c1-3-5(7)10-4(2)6(8)9;1-2-3(4)5/h3-4H,1H2,2H3,(H,8,9);2H2,1H3,(H,4,5). The SMILES string of the molecule is C=CC(=O)OC(C)C(=O)O.CCC(=O)O. The average molecular weight is 218 g/mol. The van der Waals surface area contributed by atoms with Crippen molar-refractivity contribution in [2.45, 2.75) is 26.4 Å². The van der Waals surface area contributed by atoms with Crippen molar-refractivity contribution in [1.82, 2.24) is 0 Å². The number of rotatable bonds is 4. The molecule has 1 unspecified atom stereocenters. The first kappa shape index (κ1) is 15.6. The molecule has 0 aliphatic carbocycles. The first-order chi connectivity index (χ1) is 6.84. The van der Waals surface area contributed by atoms with Crippen molar-refractivity contribution in [3.05, 3.63) is 12.7 Å². The first-order valence-electron chi connectivity index (χ1n) is 4.12. The van der Waals surface area contributed by atoms with Crippen molar-refractivity contribution in [3.63, 3.8) is 0 Å². The lowest BCUT2D eigenvalue weighted by Crippen LogP contribution is -2.22. The first-order valence-corrected chi connectivity index (χ1v) is 4.12. The smallest absolute Gasteiger partial charge is 0.344 e. The monoisotopic (exact) mass is 218 g/mol. The van der Waals surface area contributed by atoms with Crippen molar-refractivity contribution in [3.8, 4) is 0 Å². The summed E-state index contributed by atoms with van der Waals surface area (Å²) in [4.78, 5) is 29.7. The van der Waals surface area contributed by atoms with Crippen LogP contribution in [0.15, 0.2) is 12.7 Å². The third kappa shape index (κ3) is 12.1. The van der Waals surface area contributed by atoms with Gasteiger partial charge in [0.2, 0.25) is 0 Å². The largest absolute Gasteiger partial charge is 0.481 e. The molecule has 0 aromatic carbocycles. The van der Waals surface area contributed by atoms with Crippen LogP contribution in [0.5, 0.6) is 0 Å². The fraction of sp³-hybridized carbons (Fsp3) is 0.444. The summed E-state index contributed by atoms with van der Waals surface area (Å²) >= 11 is 0. The maximum Gasteiger partial charge on any atom is 0.344 e. The van der Waals surface area contributed by atoms with Gasteiger partial charge in [-0.1, -0.05) is 13.5 Å². The predicted molar refractivity (Wildman–Crippen MR) is 51.3 cm³/mol. The Hall–Kier alpha value is -1.85. The highest BCUT2D eigenvalue weighted by molar-refractivity contribution is 5.84. The van der Waals surface area contributed by atoms with E-state index in [1.54, 1.807) is 6.92 Å². The van der Waals surface area contributed by atoms with E-state index in [2.05, 4.69) is 11.3 Å². The maximum atomic E-state index is 10.3. The lowest BCUT2D eigenvalue weighted by atomic mass is 10.4.